The van der Waals surface area contributed by atoms with Crippen molar-refractivity contribution in [1.82, 2.24) is 4.98 Å². The van der Waals surface area contributed by atoms with Gasteiger partial charge in [-0.1, -0.05) is 11.6 Å². The van der Waals surface area contributed by atoms with Gasteiger partial charge in [0.2, 0.25) is 0 Å². The molecule has 0 radical (unpaired) electrons. The Morgan fingerprint density at radius 3 is 2.64 bits per heavy atom. The predicted octanol–water partition coefficient (Wildman–Crippen LogP) is 3.22. The van der Waals surface area contributed by atoms with E-state index in [9.17, 15) is 13.6 Å². The van der Waals surface area contributed by atoms with Crippen LogP contribution in [0.3, 0.4) is 0 Å². The van der Waals surface area contributed by atoms with E-state index in [0.717, 1.165) is 0 Å². The minimum atomic E-state index is -2.80. The highest BCUT2D eigenvalue weighted by Crippen LogP contribution is 2.27. The molecular weight excluding hydrogens is 235 g/mol. The summed E-state index contributed by atoms with van der Waals surface area (Å²) >= 11 is 11.0. The Labute approximate surface area is 88.8 Å². The number of carbonyl (C=O) groups is 1. The third-order valence-corrected chi connectivity index (χ3v) is 2.17. The summed E-state index contributed by atoms with van der Waals surface area (Å²) < 4.78 is 24.6. The zero-order chi connectivity index (χ0) is 10.7. The summed E-state index contributed by atoms with van der Waals surface area (Å²) in [4.78, 5) is 13.9. The Bertz CT molecular complexity index is 357. The number of carbonyl (C=O) groups excluding carboxylic acids is 1. The SMILES string of the molecule is O=Cc1nc(C(F)F)c(Cl)cc1CCl. The predicted molar refractivity (Wildman–Crippen MR) is 49.1 cm³/mol. The van der Waals surface area contributed by atoms with Crippen molar-refractivity contribution >= 4 is 29.5 Å². The number of hydrogen-bond acceptors (Lipinski definition) is 2. The van der Waals surface area contributed by atoms with Gasteiger partial charge in [0.15, 0.2) is 6.29 Å². The topological polar surface area (TPSA) is 30.0 Å². The minimum Gasteiger partial charge on any atom is -0.296 e. The van der Waals surface area contributed by atoms with E-state index >= 15 is 0 Å². The quantitative estimate of drug-likeness (QED) is 0.599. The molecule has 0 aliphatic heterocycles. The Kier molecular flexibility index (Phi) is 3.77. The first-order chi connectivity index (χ1) is 6.60. The van der Waals surface area contributed by atoms with Gasteiger partial charge >= 0.3 is 0 Å². The van der Waals surface area contributed by atoms with Crippen molar-refractivity contribution in [3.8, 4) is 0 Å². The summed E-state index contributed by atoms with van der Waals surface area (Å²) in [5.41, 5.74) is -0.349. The molecule has 76 valence electrons. The normalized spacial score (nSPS) is 10.6. The zero-order valence-electron chi connectivity index (χ0n) is 6.81. The lowest BCUT2D eigenvalue weighted by molar-refractivity contribution is 0.111. The van der Waals surface area contributed by atoms with Crippen LogP contribution in [0.25, 0.3) is 0 Å². The second kappa shape index (κ2) is 4.66. The number of pyridine rings is 1. The molecule has 0 aliphatic carbocycles. The summed E-state index contributed by atoms with van der Waals surface area (Å²) in [7, 11) is 0. The third kappa shape index (κ3) is 2.19. The average molecular weight is 240 g/mol. The molecule has 2 nitrogen and oxygen atoms in total. The van der Waals surface area contributed by atoms with Crippen molar-refractivity contribution in [2.24, 2.45) is 0 Å². The van der Waals surface area contributed by atoms with Gasteiger partial charge in [-0.15, -0.1) is 11.6 Å². The Balaban J connectivity index is 3.30. The smallest absolute Gasteiger partial charge is 0.281 e. The van der Waals surface area contributed by atoms with Gasteiger partial charge in [-0.2, -0.15) is 0 Å². The van der Waals surface area contributed by atoms with Crippen molar-refractivity contribution < 1.29 is 13.6 Å². The third-order valence-electron chi connectivity index (χ3n) is 1.58. The Hall–Kier alpha value is -0.740. The number of aldehydes is 1. The van der Waals surface area contributed by atoms with E-state index < -0.39 is 12.1 Å². The van der Waals surface area contributed by atoms with Gasteiger partial charge in [0.05, 0.1) is 5.02 Å². The first-order valence-corrected chi connectivity index (χ1v) is 4.50. The van der Waals surface area contributed by atoms with Gasteiger partial charge in [-0.3, -0.25) is 4.79 Å². The van der Waals surface area contributed by atoms with E-state index in [1.165, 1.54) is 6.07 Å². The number of nitrogens with zero attached hydrogens (tertiary/aromatic N) is 1. The van der Waals surface area contributed by atoms with Crippen LogP contribution in [0, 0.1) is 0 Å². The number of hydrogen-bond donors (Lipinski definition) is 0. The molecule has 1 aromatic rings. The summed E-state index contributed by atoms with van der Waals surface area (Å²) in [5, 5.41) is -0.179. The van der Waals surface area contributed by atoms with Crippen LogP contribution in [-0.2, 0) is 5.88 Å². The monoisotopic (exact) mass is 239 g/mol. The fraction of sp³-hybridized carbons (Fsp3) is 0.250. The molecule has 0 amide bonds. The lowest BCUT2D eigenvalue weighted by atomic mass is 10.2. The minimum absolute atomic E-state index is 0.00428. The van der Waals surface area contributed by atoms with Gasteiger partial charge in [-0.05, 0) is 11.6 Å². The lowest BCUT2D eigenvalue weighted by Crippen LogP contribution is -2.00. The molecule has 0 aliphatic rings. The van der Waals surface area contributed by atoms with E-state index in [0.29, 0.717) is 11.8 Å². The fourth-order valence-electron chi connectivity index (χ4n) is 0.918. The molecule has 1 rings (SSSR count). The zero-order valence-corrected chi connectivity index (χ0v) is 8.32. The summed E-state index contributed by atoms with van der Waals surface area (Å²) in [6.07, 6.45) is -2.43. The molecule has 1 aromatic heterocycles. The highest BCUT2D eigenvalue weighted by molar-refractivity contribution is 6.31. The number of halogens is 4. The fourth-order valence-corrected chi connectivity index (χ4v) is 1.39. The molecule has 0 saturated carbocycles. The van der Waals surface area contributed by atoms with Crippen molar-refractivity contribution in [2.45, 2.75) is 12.3 Å². The summed E-state index contributed by atoms with van der Waals surface area (Å²) in [6, 6.07) is 1.23. The maximum Gasteiger partial charge on any atom is 0.281 e. The van der Waals surface area contributed by atoms with Gasteiger partial charge in [0.1, 0.15) is 11.4 Å². The van der Waals surface area contributed by atoms with E-state index in [1.807, 2.05) is 0 Å². The van der Waals surface area contributed by atoms with Crippen LogP contribution in [0.2, 0.25) is 5.02 Å². The molecular formula is C8H5Cl2F2NO. The first kappa shape index (κ1) is 11.3. The van der Waals surface area contributed by atoms with Crippen LogP contribution in [0.5, 0.6) is 0 Å². The largest absolute Gasteiger partial charge is 0.296 e. The van der Waals surface area contributed by atoms with Crippen molar-refractivity contribution in [2.75, 3.05) is 0 Å². The molecule has 0 bridgehead atoms. The van der Waals surface area contributed by atoms with Crippen molar-refractivity contribution in [3.63, 3.8) is 0 Å². The second-order valence-electron chi connectivity index (χ2n) is 2.45. The molecule has 1 heterocycles. The standard InChI is InChI=1S/C8H5Cl2F2NO/c9-2-4-1-5(10)7(8(11)12)13-6(4)3-14/h1,3,8H,2H2. The average Bonchev–Trinajstić information content (AvgIpc) is 2.16. The number of aromatic nitrogens is 1. The van der Waals surface area contributed by atoms with Gasteiger partial charge in [0.25, 0.3) is 6.43 Å². The number of rotatable bonds is 3. The molecule has 0 saturated heterocycles. The van der Waals surface area contributed by atoms with Crippen molar-refractivity contribution in [3.05, 3.63) is 28.0 Å². The van der Waals surface area contributed by atoms with Gasteiger partial charge in [-0.25, -0.2) is 13.8 Å². The maximum atomic E-state index is 12.3. The van der Waals surface area contributed by atoms with E-state index in [-0.39, 0.29) is 16.6 Å². The van der Waals surface area contributed by atoms with Crippen LogP contribution >= 0.6 is 23.2 Å². The van der Waals surface area contributed by atoms with Crippen molar-refractivity contribution in [1.29, 1.82) is 0 Å². The maximum absolute atomic E-state index is 12.3. The summed E-state index contributed by atoms with van der Waals surface area (Å²) in [6.45, 7) is 0. The van der Waals surface area contributed by atoms with E-state index in [4.69, 9.17) is 23.2 Å². The lowest BCUT2D eigenvalue weighted by Gasteiger charge is -2.06. The van der Waals surface area contributed by atoms with E-state index in [2.05, 4.69) is 4.98 Å². The molecule has 0 spiro atoms. The van der Waals surface area contributed by atoms with Crippen LogP contribution in [-0.4, -0.2) is 11.3 Å². The highest BCUT2D eigenvalue weighted by atomic mass is 35.5. The van der Waals surface area contributed by atoms with Gasteiger partial charge in [0, 0.05) is 5.88 Å². The number of alkyl halides is 3. The Morgan fingerprint density at radius 1 is 1.57 bits per heavy atom. The highest BCUT2D eigenvalue weighted by Gasteiger charge is 2.16. The molecule has 0 N–H and O–H groups in total. The molecule has 0 atom stereocenters. The molecule has 0 aromatic carbocycles. The van der Waals surface area contributed by atoms with Crippen LogP contribution in [0.4, 0.5) is 8.78 Å². The molecule has 0 fully saturated rings. The first-order valence-electron chi connectivity index (χ1n) is 3.58. The van der Waals surface area contributed by atoms with Gasteiger partial charge < -0.3 is 0 Å². The molecule has 0 unspecified atom stereocenters. The van der Waals surface area contributed by atoms with Crippen LogP contribution in [0.15, 0.2) is 6.07 Å². The molecule has 14 heavy (non-hydrogen) atoms. The van der Waals surface area contributed by atoms with E-state index in [1.54, 1.807) is 0 Å². The summed E-state index contributed by atoms with van der Waals surface area (Å²) in [5.74, 6) is 0.00428. The second-order valence-corrected chi connectivity index (χ2v) is 3.13. The van der Waals surface area contributed by atoms with Crippen LogP contribution in [0.1, 0.15) is 28.2 Å². The Morgan fingerprint density at radius 2 is 2.21 bits per heavy atom. The molecule has 6 heteroatoms. The van der Waals surface area contributed by atoms with Crippen LogP contribution < -0.4 is 0 Å².